The van der Waals surface area contributed by atoms with Gasteiger partial charge in [-0.05, 0) is 24.1 Å². The van der Waals surface area contributed by atoms with Crippen LogP contribution in [0, 0.1) is 5.92 Å². The summed E-state index contributed by atoms with van der Waals surface area (Å²) in [6.07, 6.45) is 0.659. The van der Waals surface area contributed by atoms with Crippen molar-refractivity contribution in [3.8, 4) is 0 Å². The molecule has 2 atom stereocenters. The average Bonchev–Trinajstić information content (AvgIpc) is 2.46. The number of hydrogen-bond donors (Lipinski definition) is 1. The maximum absolute atomic E-state index is 11.9. The third kappa shape index (κ3) is 5.85. The summed E-state index contributed by atoms with van der Waals surface area (Å²) < 4.78 is 10.3. The summed E-state index contributed by atoms with van der Waals surface area (Å²) in [5, 5.41) is 0. The highest BCUT2D eigenvalue weighted by atomic mass is 79.9. The fraction of sp³-hybridized carbons (Fsp3) is 0.467. The topological polar surface area (TPSA) is 78.6 Å². The number of carbonyl (C=O) groups is 2. The molecule has 0 spiro atoms. The van der Waals surface area contributed by atoms with E-state index in [4.69, 9.17) is 10.5 Å². The minimum absolute atomic E-state index is 0.246. The first-order valence-electron chi connectivity index (χ1n) is 6.85. The van der Waals surface area contributed by atoms with Crippen molar-refractivity contribution in [2.24, 2.45) is 11.7 Å². The van der Waals surface area contributed by atoms with Crippen LogP contribution in [0.3, 0.4) is 0 Å². The van der Waals surface area contributed by atoms with Gasteiger partial charge < -0.3 is 15.2 Å². The van der Waals surface area contributed by atoms with Crippen molar-refractivity contribution in [2.75, 3.05) is 6.61 Å². The molecule has 0 bridgehead atoms. The Bertz CT molecular complexity index is 475. The Hall–Kier alpha value is -1.40. The highest BCUT2D eigenvalue weighted by Crippen LogP contribution is 2.22. The summed E-state index contributed by atoms with van der Waals surface area (Å²) in [5.41, 5.74) is 6.81. The van der Waals surface area contributed by atoms with Crippen LogP contribution in [0.2, 0.25) is 0 Å². The van der Waals surface area contributed by atoms with E-state index in [0.29, 0.717) is 0 Å². The molecule has 1 aromatic rings. The van der Waals surface area contributed by atoms with Crippen LogP contribution in [0.15, 0.2) is 28.7 Å². The third-order valence-electron chi connectivity index (χ3n) is 3.07. The highest BCUT2D eigenvalue weighted by Gasteiger charge is 2.26. The fourth-order valence-corrected chi connectivity index (χ4v) is 1.89. The van der Waals surface area contributed by atoms with Crippen LogP contribution in [0.4, 0.5) is 4.79 Å². The number of ether oxygens (including phenoxy) is 2. The Kier molecular flexibility index (Phi) is 7.39. The molecular weight excluding hydrogens is 338 g/mol. The monoisotopic (exact) mass is 357 g/mol. The summed E-state index contributed by atoms with van der Waals surface area (Å²) in [7, 11) is 0. The van der Waals surface area contributed by atoms with Gasteiger partial charge in [0.25, 0.3) is 0 Å². The molecule has 0 aliphatic rings. The Morgan fingerprint density at radius 3 is 2.48 bits per heavy atom. The number of halogens is 1. The minimum Gasteiger partial charge on any atom is -0.434 e. The molecule has 5 nitrogen and oxygen atoms in total. The second kappa shape index (κ2) is 8.79. The van der Waals surface area contributed by atoms with Gasteiger partial charge >= 0.3 is 12.1 Å². The van der Waals surface area contributed by atoms with Crippen LogP contribution in [0.1, 0.15) is 38.3 Å². The zero-order valence-electron chi connectivity index (χ0n) is 12.2. The summed E-state index contributed by atoms with van der Waals surface area (Å²) in [6, 6.07) is 6.77. The number of carbonyl (C=O) groups excluding carboxylic acids is 2. The van der Waals surface area contributed by atoms with Gasteiger partial charge in [0.15, 0.2) is 0 Å². The van der Waals surface area contributed by atoms with Crippen molar-refractivity contribution in [2.45, 2.75) is 32.7 Å². The van der Waals surface area contributed by atoms with Crippen LogP contribution in [-0.2, 0) is 14.3 Å². The van der Waals surface area contributed by atoms with E-state index in [-0.39, 0.29) is 6.61 Å². The average molecular weight is 358 g/mol. The fourth-order valence-electron chi connectivity index (χ4n) is 1.62. The molecule has 21 heavy (non-hydrogen) atoms. The van der Waals surface area contributed by atoms with Crippen LogP contribution >= 0.6 is 15.9 Å². The van der Waals surface area contributed by atoms with Crippen molar-refractivity contribution in [1.29, 1.82) is 0 Å². The van der Waals surface area contributed by atoms with Gasteiger partial charge in [-0.3, -0.25) is 4.79 Å². The van der Waals surface area contributed by atoms with Gasteiger partial charge in [-0.1, -0.05) is 48.3 Å². The van der Waals surface area contributed by atoms with E-state index in [2.05, 4.69) is 20.7 Å². The van der Waals surface area contributed by atoms with Crippen molar-refractivity contribution in [3.05, 3.63) is 34.3 Å². The standard InChI is InChI=1S/C15H20BrNO4/c1-3-4-9-20-15(19)21-14(18)10(2)13(17)11-5-7-12(16)8-6-11/h5-8,10,13H,3-4,9,17H2,1-2H3/t10?,13-/m0/s1. The lowest BCUT2D eigenvalue weighted by molar-refractivity contribution is -0.144. The number of esters is 1. The molecule has 0 aromatic heterocycles. The maximum Gasteiger partial charge on any atom is 0.516 e. The maximum atomic E-state index is 11.9. The highest BCUT2D eigenvalue weighted by molar-refractivity contribution is 9.10. The van der Waals surface area contributed by atoms with Crippen LogP contribution in [-0.4, -0.2) is 18.7 Å². The normalized spacial score (nSPS) is 13.3. The minimum atomic E-state index is -0.969. The Balaban J connectivity index is 2.53. The first kappa shape index (κ1) is 17.7. The van der Waals surface area contributed by atoms with Gasteiger partial charge in [0.05, 0.1) is 12.5 Å². The summed E-state index contributed by atoms with van der Waals surface area (Å²) >= 11 is 3.33. The summed E-state index contributed by atoms with van der Waals surface area (Å²) in [6.45, 7) is 3.84. The quantitative estimate of drug-likeness (QED) is 0.478. The van der Waals surface area contributed by atoms with Crippen LogP contribution in [0.25, 0.3) is 0 Å². The van der Waals surface area contributed by atoms with Gasteiger partial charge in [-0.2, -0.15) is 0 Å². The predicted octanol–water partition coefficient (Wildman–Crippen LogP) is 3.56. The number of rotatable bonds is 6. The van der Waals surface area contributed by atoms with E-state index >= 15 is 0 Å². The SMILES string of the molecule is CCCCOC(=O)OC(=O)C(C)[C@H](N)c1ccc(Br)cc1. The molecule has 0 aliphatic heterocycles. The number of nitrogens with two attached hydrogens (primary N) is 1. The third-order valence-corrected chi connectivity index (χ3v) is 3.60. The molecule has 0 amide bonds. The molecule has 6 heteroatoms. The molecule has 2 N–H and O–H groups in total. The van der Waals surface area contributed by atoms with E-state index in [1.54, 1.807) is 6.92 Å². The van der Waals surface area contributed by atoms with E-state index in [1.807, 2.05) is 31.2 Å². The van der Waals surface area contributed by atoms with Gasteiger partial charge in [0, 0.05) is 10.5 Å². The van der Waals surface area contributed by atoms with Crippen LogP contribution in [0.5, 0.6) is 0 Å². The molecule has 1 aromatic carbocycles. The summed E-state index contributed by atoms with van der Waals surface area (Å²) in [5.74, 6) is -1.34. The molecule has 0 saturated heterocycles. The second-order valence-corrected chi connectivity index (χ2v) is 5.65. The number of hydrogen-bond acceptors (Lipinski definition) is 5. The van der Waals surface area contributed by atoms with E-state index in [9.17, 15) is 9.59 Å². The molecule has 0 aliphatic carbocycles. The lowest BCUT2D eigenvalue weighted by atomic mass is 9.96. The first-order chi connectivity index (χ1) is 9.95. The Labute approximate surface area is 132 Å². The molecule has 116 valence electrons. The van der Waals surface area contributed by atoms with E-state index in [1.165, 1.54) is 0 Å². The zero-order valence-corrected chi connectivity index (χ0v) is 13.8. The van der Waals surface area contributed by atoms with E-state index in [0.717, 1.165) is 22.9 Å². The van der Waals surface area contributed by atoms with Gasteiger partial charge in [-0.15, -0.1) is 0 Å². The van der Waals surface area contributed by atoms with Crippen molar-refractivity contribution in [1.82, 2.24) is 0 Å². The molecule has 0 fully saturated rings. The predicted molar refractivity (Wildman–Crippen MR) is 82.6 cm³/mol. The van der Waals surface area contributed by atoms with Gasteiger partial charge in [0.2, 0.25) is 0 Å². The molecule has 0 heterocycles. The van der Waals surface area contributed by atoms with Gasteiger partial charge in [0.1, 0.15) is 0 Å². The number of benzene rings is 1. The Morgan fingerprint density at radius 1 is 1.29 bits per heavy atom. The Morgan fingerprint density at radius 2 is 1.90 bits per heavy atom. The number of unbranched alkanes of at least 4 members (excludes halogenated alkanes) is 1. The summed E-state index contributed by atoms with van der Waals surface area (Å²) in [4.78, 5) is 23.2. The van der Waals surface area contributed by atoms with Gasteiger partial charge in [-0.25, -0.2) is 4.79 Å². The van der Waals surface area contributed by atoms with Crippen LogP contribution < -0.4 is 5.73 Å². The lowest BCUT2D eigenvalue weighted by Crippen LogP contribution is -2.29. The van der Waals surface area contributed by atoms with Crippen molar-refractivity contribution < 1.29 is 19.1 Å². The molecular formula is C15H20BrNO4. The largest absolute Gasteiger partial charge is 0.516 e. The second-order valence-electron chi connectivity index (χ2n) is 4.74. The molecule has 1 unspecified atom stereocenters. The lowest BCUT2D eigenvalue weighted by Gasteiger charge is -2.18. The van der Waals surface area contributed by atoms with Crippen molar-refractivity contribution in [3.63, 3.8) is 0 Å². The smallest absolute Gasteiger partial charge is 0.434 e. The first-order valence-corrected chi connectivity index (χ1v) is 7.64. The van der Waals surface area contributed by atoms with Crippen molar-refractivity contribution >= 4 is 28.1 Å². The molecule has 1 rings (SSSR count). The molecule has 0 radical (unpaired) electrons. The van der Waals surface area contributed by atoms with E-state index < -0.39 is 24.1 Å². The zero-order chi connectivity index (χ0) is 15.8. The molecule has 0 saturated carbocycles.